The summed E-state index contributed by atoms with van der Waals surface area (Å²) in [5.74, 6) is 0.684. The molecule has 178 valence electrons. The maximum absolute atomic E-state index is 12.4. The monoisotopic (exact) mass is 548 g/mol. The Balaban J connectivity index is 0.00000341. The summed E-state index contributed by atoms with van der Waals surface area (Å²) in [4.78, 5) is 32.9. The molecule has 2 aliphatic heterocycles. The van der Waals surface area contributed by atoms with E-state index in [9.17, 15) is 9.59 Å². The van der Waals surface area contributed by atoms with Crippen molar-refractivity contribution in [3.8, 4) is 0 Å². The van der Waals surface area contributed by atoms with Crippen molar-refractivity contribution in [2.75, 3.05) is 33.2 Å². The van der Waals surface area contributed by atoms with E-state index < -0.39 is 5.54 Å². The zero-order chi connectivity index (χ0) is 21.6. The molecule has 0 aromatic rings. The molecule has 0 bridgehead atoms. The molecule has 31 heavy (non-hydrogen) atoms. The molecule has 0 radical (unpaired) electrons. The van der Waals surface area contributed by atoms with Gasteiger partial charge < -0.3 is 20.9 Å². The van der Waals surface area contributed by atoms with Gasteiger partial charge in [0.2, 0.25) is 0 Å². The SMILES string of the molecule is CCC1(C)NC(=O)N(CCCNC(=NC)NC2CCN(C3CCCCC3)CC2)C1=O.I. The third-order valence-electron chi connectivity index (χ3n) is 7.09. The molecule has 0 spiro atoms. The second kappa shape index (κ2) is 12.2. The quantitative estimate of drug-likeness (QED) is 0.150. The molecule has 8 nitrogen and oxygen atoms in total. The Hall–Kier alpha value is -1.10. The molecule has 2 heterocycles. The van der Waals surface area contributed by atoms with Gasteiger partial charge in [0.25, 0.3) is 5.91 Å². The molecule has 1 saturated carbocycles. The van der Waals surface area contributed by atoms with Crippen LogP contribution in [0.4, 0.5) is 4.79 Å². The number of amides is 3. The summed E-state index contributed by atoms with van der Waals surface area (Å²) >= 11 is 0. The minimum absolute atomic E-state index is 0. The van der Waals surface area contributed by atoms with Crippen molar-refractivity contribution in [2.45, 2.75) is 89.3 Å². The van der Waals surface area contributed by atoms with Crippen molar-refractivity contribution in [1.82, 2.24) is 25.8 Å². The van der Waals surface area contributed by atoms with Crippen LogP contribution < -0.4 is 16.0 Å². The number of likely N-dealkylation sites (tertiary alicyclic amines) is 1. The number of rotatable bonds is 7. The molecule has 0 aromatic carbocycles. The first kappa shape index (κ1) is 26.2. The molecule has 2 saturated heterocycles. The molecular formula is C22H41IN6O2. The average Bonchev–Trinajstić information content (AvgIpc) is 3.00. The number of halogens is 1. The van der Waals surface area contributed by atoms with Gasteiger partial charge in [-0.25, -0.2) is 4.79 Å². The van der Waals surface area contributed by atoms with E-state index in [2.05, 4.69) is 25.8 Å². The Bertz CT molecular complexity index is 631. The highest BCUT2D eigenvalue weighted by Crippen LogP contribution is 2.25. The number of hydrogen-bond donors (Lipinski definition) is 3. The number of carbonyl (C=O) groups excluding carboxylic acids is 2. The number of hydrogen-bond acceptors (Lipinski definition) is 4. The molecular weight excluding hydrogens is 507 g/mol. The Labute approximate surface area is 204 Å². The number of aliphatic imine (C=N–C) groups is 1. The van der Waals surface area contributed by atoms with Crippen LogP contribution in [0.3, 0.4) is 0 Å². The highest BCUT2D eigenvalue weighted by atomic mass is 127. The van der Waals surface area contributed by atoms with Crippen molar-refractivity contribution >= 4 is 41.9 Å². The van der Waals surface area contributed by atoms with Crippen molar-refractivity contribution in [1.29, 1.82) is 0 Å². The standard InChI is InChI=1S/C22H40N6O2.HI/c1-4-22(2)19(29)28(21(30)26-22)14-8-13-24-20(23-3)25-17-11-15-27(16-12-17)18-9-6-5-7-10-18;/h17-18H,4-16H2,1-3H3,(H,26,30)(H2,23,24,25);1H. The fourth-order valence-corrected chi connectivity index (χ4v) is 4.88. The number of piperidine rings is 1. The van der Waals surface area contributed by atoms with Crippen LogP contribution in [0.15, 0.2) is 4.99 Å². The van der Waals surface area contributed by atoms with Crippen LogP contribution in [-0.4, -0.2) is 78.5 Å². The zero-order valence-electron chi connectivity index (χ0n) is 19.4. The van der Waals surface area contributed by atoms with Crippen molar-refractivity contribution in [3.63, 3.8) is 0 Å². The van der Waals surface area contributed by atoms with Crippen LogP contribution in [0.1, 0.15) is 71.6 Å². The topological polar surface area (TPSA) is 89.1 Å². The van der Waals surface area contributed by atoms with Gasteiger partial charge in [0.1, 0.15) is 5.54 Å². The van der Waals surface area contributed by atoms with Gasteiger partial charge in [0.05, 0.1) is 0 Å². The van der Waals surface area contributed by atoms with Crippen LogP contribution in [0.5, 0.6) is 0 Å². The summed E-state index contributed by atoms with van der Waals surface area (Å²) in [6.07, 6.45) is 10.5. The van der Waals surface area contributed by atoms with Crippen LogP contribution in [0.25, 0.3) is 0 Å². The van der Waals surface area contributed by atoms with Gasteiger partial charge in [-0.15, -0.1) is 24.0 Å². The first-order valence-corrected chi connectivity index (χ1v) is 11.8. The molecule has 1 unspecified atom stereocenters. The largest absolute Gasteiger partial charge is 0.356 e. The zero-order valence-corrected chi connectivity index (χ0v) is 21.7. The molecule has 1 aliphatic carbocycles. The number of guanidine groups is 1. The van der Waals surface area contributed by atoms with Gasteiger partial charge in [0.15, 0.2) is 5.96 Å². The molecule has 9 heteroatoms. The molecule has 1 atom stereocenters. The second-order valence-corrected chi connectivity index (χ2v) is 9.17. The lowest BCUT2D eigenvalue weighted by Gasteiger charge is -2.39. The number of imide groups is 1. The van der Waals surface area contributed by atoms with Gasteiger partial charge in [-0.1, -0.05) is 26.2 Å². The average molecular weight is 549 g/mol. The maximum Gasteiger partial charge on any atom is 0.325 e. The first-order chi connectivity index (χ1) is 14.5. The van der Waals surface area contributed by atoms with Crippen LogP contribution in [0.2, 0.25) is 0 Å². The number of urea groups is 1. The molecule has 3 rings (SSSR count). The Morgan fingerprint density at radius 2 is 1.84 bits per heavy atom. The van der Waals surface area contributed by atoms with Crippen LogP contribution >= 0.6 is 24.0 Å². The van der Waals surface area contributed by atoms with E-state index in [4.69, 9.17) is 0 Å². The summed E-state index contributed by atoms with van der Waals surface area (Å²) in [6, 6.07) is 0.973. The highest BCUT2D eigenvalue weighted by molar-refractivity contribution is 14.0. The Morgan fingerprint density at radius 1 is 1.16 bits per heavy atom. The van der Waals surface area contributed by atoms with Gasteiger partial charge >= 0.3 is 6.03 Å². The molecule has 3 aliphatic rings. The van der Waals surface area contributed by atoms with Gasteiger partial charge in [-0.3, -0.25) is 14.7 Å². The summed E-state index contributed by atoms with van der Waals surface area (Å²) in [6.45, 7) is 7.13. The molecule has 0 aromatic heterocycles. The summed E-state index contributed by atoms with van der Waals surface area (Å²) in [5, 5.41) is 9.68. The van der Waals surface area contributed by atoms with E-state index in [1.54, 1.807) is 14.0 Å². The Morgan fingerprint density at radius 3 is 2.42 bits per heavy atom. The summed E-state index contributed by atoms with van der Waals surface area (Å²) in [7, 11) is 1.79. The predicted octanol–water partition coefficient (Wildman–Crippen LogP) is 2.68. The number of nitrogens with zero attached hydrogens (tertiary/aromatic N) is 3. The fraction of sp³-hybridized carbons (Fsp3) is 0.864. The van der Waals surface area contributed by atoms with E-state index in [1.807, 2.05) is 6.92 Å². The minimum atomic E-state index is -0.755. The number of carbonyl (C=O) groups is 2. The van der Waals surface area contributed by atoms with E-state index in [0.717, 1.165) is 24.8 Å². The molecule has 3 fully saturated rings. The van der Waals surface area contributed by atoms with Gasteiger partial charge in [0, 0.05) is 45.3 Å². The number of nitrogens with one attached hydrogen (secondary N) is 3. The van der Waals surface area contributed by atoms with Gasteiger partial charge in [-0.2, -0.15) is 0 Å². The van der Waals surface area contributed by atoms with Crippen molar-refractivity contribution in [3.05, 3.63) is 0 Å². The summed E-state index contributed by atoms with van der Waals surface area (Å²) in [5.41, 5.74) is -0.755. The highest BCUT2D eigenvalue weighted by Gasteiger charge is 2.45. The minimum Gasteiger partial charge on any atom is -0.356 e. The third kappa shape index (κ3) is 6.69. The third-order valence-corrected chi connectivity index (χ3v) is 7.09. The van der Waals surface area contributed by atoms with E-state index in [-0.39, 0.29) is 35.9 Å². The lowest BCUT2D eigenvalue weighted by Crippen LogP contribution is -2.51. The van der Waals surface area contributed by atoms with Crippen molar-refractivity contribution < 1.29 is 9.59 Å². The van der Waals surface area contributed by atoms with Crippen molar-refractivity contribution in [2.24, 2.45) is 4.99 Å². The Kier molecular flexibility index (Phi) is 10.3. The fourth-order valence-electron chi connectivity index (χ4n) is 4.88. The maximum atomic E-state index is 12.4. The second-order valence-electron chi connectivity index (χ2n) is 9.17. The molecule has 3 amide bonds. The molecule has 3 N–H and O–H groups in total. The van der Waals surface area contributed by atoms with E-state index in [1.165, 1.54) is 50.1 Å². The predicted molar refractivity (Wildman–Crippen MR) is 135 cm³/mol. The van der Waals surface area contributed by atoms with Gasteiger partial charge in [-0.05, 0) is 45.4 Å². The lowest BCUT2D eigenvalue weighted by atomic mass is 9.92. The normalized spacial score (nSPS) is 26.5. The summed E-state index contributed by atoms with van der Waals surface area (Å²) < 4.78 is 0. The van der Waals surface area contributed by atoms with Crippen LogP contribution in [0, 0.1) is 0 Å². The van der Waals surface area contributed by atoms with Crippen LogP contribution in [-0.2, 0) is 4.79 Å². The first-order valence-electron chi connectivity index (χ1n) is 11.8. The smallest absolute Gasteiger partial charge is 0.325 e. The lowest BCUT2D eigenvalue weighted by molar-refractivity contribution is -0.130. The van der Waals surface area contributed by atoms with E-state index >= 15 is 0 Å². The van der Waals surface area contributed by atoms with E-state index in [0.29, 0.717) is 32.0 Å².